The third-order valence-electron chi connectivity index (χ3n) is 0. The number of rotatable bonds is 0. The molecule has 38 valence electrons. The summed E-state index contributed by atoms with van der Waals surface area (Å²) in [7, 11) is -4.64. The van der Waals surface area contributed by atoms with E-state index in [0.717, 1.165) is 0 Å². The summed E-state index contributed by atoms with van der Waals surface area (Å²) in [6.07, 6.45) is 0. The molecule has 0 radical (unpaired) electrons. The van der Waals surface area contributed by atoms with Gasteiger partial charge in [0.2, 0.25) is 0 Å². The van der Waals surface area contributed by atoms with E-state index in [1.54, 1.807) is 0 Å². The molecular weight excluding hydrogens is 271 g/mol. The van der Waals surface area contributed by atoms with Gasteiger partial charge in [-0.2, -0.15) is 0 Å². The molecule has 0 aromatic rings. The average Bonchev–Trinajstić information content (AvgIpc) is 0.722. The Morgan fingerprint density at radius 3 is 1.29 bits per heavy atom. The Kier molecular flexibility index (Phi) is 17.7. The van der Waals surface area contributed by atoms with Crippen LogP contribution in [0.5, 0.6) is 0 Å². The predicted molar refractivity (Wildman–Crippen MR) is 23.4 cm³/mol. The van der Waals surface area contributed by atoms with Crippen molar-refractivity contribution in [1.82, 2.24) is 0 Å². The van der Waals surface area contributed by atoms with Gasteiger partial charge in [-0.25, -0.2) is 4.57 Å². The topological polar surface area (TPSA) is 77.8 Å². The van der Waals surface area contributed by atoms with Crippen molar-refractivity contribution < 1.29 is 74.9 Å². The van der Waals surface area contributed by atoms with Crippen LogP contribution in [0.1, 0.15) is 4.28 Å². The second-order valence-electron chi connectivity index (χ2n) is 0.513. The van der Waals surface area contributed by atoms with Crippen LogP contribution >= 0.6 is 7.82 Å². The zero-order chi connectivity index (χ0) is 4.50. The van der Waals surface area contributed by atoms with Crippen LogP contribution < -0.4 is 51.4 Å². The predicted octanol–water partition coefficient (Wildman–Crippen LogP) is -3.97. The van der Waals surface area contributed by atoms with E-state index in [1.807, 2.05) is 0 Å². The van der Waals surface area contributed by atoms with Crippen molar-refractivity contribution >= 4 is 56.7 Å². The summed E-state index contributed by atoms with van der Waals surface area (Å²) in [6, 6.07) is 0. The SMILES string of the molecule is O=P(O)(O)O.[Ba+2].[H-].[H-].[H-].[K+]. The second-order valence-corrected chi connectivity index (χ2v) is 1.54. The Hall–Kier alpha value is 3.32. The van der Waals surface area contributed by atoms with E-state index in [-0.39, 0.29) is 105 Å². The van der Waals surface area contributed by atoms with Gasteiger partial charge < -0.3 is 19.0 Å². The summed E-state index contributed by atoms with van der Waals surface area (Å²) in [5.41, 5.74) is 0. The second kappa shape index (κ2) is 7.43. The summed E-state index contributed by atoms with van der Waals surface area (Å²) < 4.78 is 8.88. The molecule has 0 fully saturated rings. The molecule has 0 bridgehead atoms. The molecular formula is H6BaKO4P. The van der Waals surface area contributed by atoms with Crippen LogP contribution in [0.25, 0.3) is 0 Å². The molecule has 0 atom stereocenters. The molecule has 0 aliphatic carbocycles. The largest absolute Gasteiger partial charge is 2.00 e. The Morgan fingerprint density at radius 2 is 1.29 bits per heavy atom. The molecule has 0 aliphatic heterocycles. The molecule has 4 nitrogen and oxygen atoms in total. The van der Waals surface area contributed by atoms with Crippen molar-refractivity contribution in [3.05, 3.63) is 0 Å². The van der Waals surface area contributed by atoms with E-state index in [1.165, 1.54) is 0 Å². The minimum Gasteiger partial charge on any atom is -1.00 e. The van der Waals surface area contributed by atoms with E-state index in [9.17, 15) is 0 Å². The van der Waals surface area contributed by atoms with Crippen LogP contribution in [0, 0.1) is 0 Å². The smallest absolute Gasteiger partial charge is 1.00 e. The Balaban J connectivity index is -0.00000000800. The van der Waals surface area contributed by atoms with Crippen LogP contribution in [-0.2, 0) is 4.57 Å². The first-order valence-corrected chi connectivity index (χ1v) is 2.35. The van der Waals surface area contributed by atoms with Crippen molar-refractivity contribution in [2.45, 2.75) is 0 Å². The molecule has 0 spiro atoms. The molecule has 3 N–H and O–H groups in total. The number of phosphoric acid groups is 1. The van der Waals surface area contributed by atoms with Crippen LogP contribution in [-0.4, -0.2) is 63.6 Å². The maximum atomic E-state index is 8.88. The molecule has 0 unspecified atom stereocenters. The molecule has 0 aliphatic rings. The van der Waals surface area contributed by atoms with Crippen molar-refractivity contribution in [2.24, 2.45) is 0 Å². The molecule has 0 saturated heterocycles. The van der Waals surface area contributed by atoms with Gasteiger partial charge in [0.25, 0.3) is 0 Å². The van der Waals surface area contributed by atoms with Gasteiger partial charge in [0.05, 0.1) is 0 Å². The molecule has 0 amide bonds. The fourth-order valence-corrected chi connectivity index (χ4v) is 0. The van der Waals surface area contributed by atoms with Gasteiger partial charge in [-0.3, -0.25) is 0 Å². The maximum absolute atomic E-state index is 8.88. The Bertz CT molecular complexity index is 66.6. The van der Waals surface area contributed by atoms with E-state index in [0.29, 0.717) is 0 Å². The van der Waals surface area contributed by atoms with Crippen LogP contribution in [0.2, 0.25) is 0 Å². The molecule has 0 rings (SSSR count). The quantitative estimate of drug-likeness (QED) is 0.312. The van der Waals surface area contributed by atoms with Crippen LogP contribution in [0.15, 0.2) is 0 Å². The molecule has 7 heteroatoms. The average molecular weight is 277 g/mol. The minimum atomic E-state index is -4.64. The van der Waals surface area contributed by atoms with Gasteiger partial charge in [-0.1, -0.05) is 0 Å². The standard InChI is InChI=1S/Ba.K.H3O4P.3H/c;;1-5(2,3)4;;;/h;;(H3,1,2,3,4);;;/q+2;+1;;3*-1. The third-order valence-corrected chi connectivity index (χ3v) is 0. The van der Waals surface area contributed by atoms with Crippen LogP contribution in [0.3, 0.4) is 0 Å². The summed E-state index contributed by atoms with van der Waals surface area (Å²) in [5.74, 6) is 0. The fourth-order valence-electron chi connectivity index (χ4n) is 0. The molecule has 0 aromatic heterocycles. The van der Waals surface area contributed by atoms with Crippen molar-refractivity contribution in [1.29, 1.82) is 0 Å². The first-order valence-electron chi connectivity index (χ1n) is 0.783. The fraction of sp³-hybridized carbons (Fsp3) is 0. The molecule has 0 saturated carbocycles. The van der Waals surface area contributed by atoms with E-state index < -0.39 is 7.82 Å². The van der Waals surface area contributed by atoms with Gasteiger partial charge in [-0.15, -0.1) is 0 Å². The van der Waals surface area contributed by atoms with E-state index >= 15 is 0 Å². The summed E-state index contributed by atoms with van der Waals surface area (Å²) >= 11 is 0. The normalized spacial score (nSPS) is 8.43. The van der Waals surface area contributed by atoms with Gasteiger partial charge in [0, 0.05) is 0 Å². The van der Waals surface area contributed by atoms with E-state index in [2.05, 4.69) is 0 Å². The molecule has 7 heavy (non-hydrogen) atoms. The summed E-state index contributed by atoms with van der Waals surface area (Å²) in [5, 5.41) is 0. The summed E-state index contributed by atoms with van der Waals surface area (Å²) in [6.45, 7) is 0. The Labute approximate surface area is 128 Å². The first-order chi connectivity index (χ1) is 2.00. The number of hydrogen-bond donors (Lipinski definition) is 3. The monoisotopic (exact) mass is 278 g/mol. The van der Waals surface area contributed by atoms with Crippen molar-refractivity contribution in [3.8, 4) is 0 Å². The van der Waals surface area contributed by atoms with Gasteiger partial charge in [-0.05, 0) is 0 Å². The first kappa shape index (κ1) is 16.7. The maximum Gasteiger partial charge on any atom is 2.00 e. The van der Waals surface area contributed by atoms with E-state index in [4.69, 9.17) is 19.2 Å². The van der Waals surface area contributed by atoms with Crippen LogP contribution in [0.4, 0.5) is 0 Å². The van der Waals surface area contributed by atoms with Gasteiger partial charge in [0.15, 0.2) is 0 Å². The molecule has 0 aromatic carbocycles. The molecule has 0 heterocycles. The Morgan fingerprint density at radius 1 is 1.29 bits per heavy atom. The van der Waals surface area contributed by atoms with Crippen molar-refractivity contribution in [2.75, 3.05) is 0 Å². The number of hydrogen-bond acceptors (Lipinski definition) is 1. The van der Waals surface area contributed by atoms with Crippen molar-refractivity contribution in [3.63, 3.8) is 0 Å². The zero-order valence-corrected chi connectivity index (χ0v) is 12.4. The zero-order valence-electron chi connectivity index (χ0n) is 6.90. The summed E-state index contributed by atoms with van der Waals surface area (Å²) in [4.78, 5) is 21.6. The third kappa shape index (κ3) is 45.3. The van der Waals surface area contributed by atoms with Gasteiger partial charge >= 0.3 is 108 Å². The minimum absolute atomic E-state index is 0. The van der Waals surface area contributed by atoms with Gasteiger partial charge in [0.1, 0.15) is 0 Å².